The van der Waals surface area contributed by atoms with Crippen molar-refractivity contribution in [3.63, 3.8) is 0 Å². The van der Waals surface area contributed by atoms with E-state index in [1.807, 2.05) is 30.3 Å². The summed E-state index contributed by atoms with van der Waals surface area (Å²) in [7, 11) is 0. The first-order valence-electron chi connectivity index (χ1n) is 13.7. The molecule has 0 bridgehead atoms. The van der Waals surface area contributed by atoms with Crippen LogP contribution in [0.25, 0.3) is 11.1 Å². The lowest BCUT2D eigenvalue weighted by atomic mass is 9.98. The molecule has 8 nitrogen and oxygen atoms in total. The standard InChI is InChI=1S/C33H30N4O4/c34-31(38)23-8-5-7-22(17-23)19-37(18-21-14-15-21)32(39)30-29(13-6-16-35-30)36-33(40)41-20-28-26-11-3-1-9-24(26)25-10-2-4-12-27(25)28/h1-13,16-17,21,28H,14-15,18-20H2,(H2,34,38)(H,36,40). The lowest BCUT2D eigenvalue weighted by Gasteiger charge is -2.24. The molecule has 206 valence electrons. The van der Waals surface area contributed by atoms with Crippen molar-refractivity contribution in [3.05, 3.63) is 119 Å². The molecule has 3 N–H and O–H groups in total. The van der Waals surface area contributed by atoms with E-state index < -0.39 is 12.0 Å². The van der Waals surface area contributed by atoms with Crippen LogP contribution in [0.4, 0.5) is 10.5 Å². The monoisotopic (exact) mass is 546 g/mol. The maximum Gasteiger partial charge on any atom is 0.411 e. The predicted octanol–water partition coefficient (Wildman–Crippen LogP) is 5.59. The van der Waals surface area contributed by atoms with Crippen molar-refractivity contribution in [1.82, 2.24) is 9.88 Å². The minimum Gasteiger partial charge on any atom is -0.448 e. The molecule has 41 heavy (non-hydrogen) atoms. The summed E-state index contributed by atoms with van der Waals surface area (Å²) in [6.07, 6.45) is 2.98. The SMILES string of the molecule is NC(=O)c1cccc(CN(CC2CC2)C(=O)c2ncccc2NC(=O)OCC2c3ccccc3-c3ccccc32)c1. The van der Waals surface area contributed by atoms with Crippen LogP contribution < -0.4 is 11.1 Å². The number of rotatable bonds is 9. The molecule has 0 spiro atoms. The number of benzene rings is 3. The second-order valence-corrected chi connectivity index (χ2v) is 10.5. The highest BCUT2D eigenvalue weighted by Gasteiger charge is 2.31. The number of primary amides is 1. The molecule has 1 heterocycles. The molecular weight excluding hydrogens is 516 g/mol. The van der Waals surface area contributed by atoms with Crippen molar-refractivity contribution >= 4 is 23.6 Å². The highest BCUT2D eigenvalue weighted by Crippen LogP contribution is 2.44. The Balaban J connectivity index is 1.17. The lowest BCUT2D eigenvalue weighted by Crippen LogP contribution is -2.34. The van der Waals surface area contributed by atoms with Crippen LogP contribution in [0.1, 0.15) is 56.3 Å². The number of amides is 3. The normalized spacial score (nSPS) is 13.7. The molecule has 8 heteroatoms. The van der Waals surface area contributed by atoms with E-state index in [-0.39, 0.29) is 36.4 Å². The van der Waals surface area contributed by atoms with E-state index in [0.29, 0.717) is 18.0 Å². The zero-order chi connectivity index (χ0) is 28.3. The molecule has 3 amide bonds. The molecule has 2 aliphatic rings. The third-order valence-corrected chi connectivity index (χ3v) is 7.64. The third-order valence-electron chi connectivity index (χ3n) is 7.64. The van der Waals surface area contributed by atoms with Crippen LogP contribution >= 0.6 is 0 Å². The molecule has 1 fully saturated rings. The second-order valence-electron chi connectivity index (χ2n) is 10.5. The lowest BCUT2D eigenvalue weighted by molar-refractivity contribution is 0.0730. The highest BCUT2D eigenvalue weighted by molar-refractivity contribution is 6.01. The van der Waals surface area contributed by atoms with E-state index in [0.717, 1.165) is 40.7 Å². The number of hydrogen-bond acceptors (Lipinski definition) is 5. The topological polar surface area (TPSA) is 115 Å². The number of fused-ring (bicyclic) bond motifs is 3. The van der Waals surface area contributed by atoms with Gasteiger partial charge in [0.25, 0.3) is 5.91 Å². The number of ether oxygens (including phenoxy) is 1. The Labute approximate surface area is 238 Å². The van der Waals surface area contributed by atoms with Crippen LogP contribution in [0, 0.1) is 5.92 Å². The maximum absolute atomic E-state index is 13.8. The van der Waals surface area contributed by atoms with Crippen LogP contribution in [0.5, 0.6) is 0 Å². The smallest absolute Gasteiger partial charge is 0.411 e. The van der Waals surface area contributed by atoms with Gasteiger partial charge >= 0.3 is 6.09 Å². The van der Waals surface area contributed by atoms with Gasteiger partial charge in [-0.15, -0.1) is 0 Å². The molecule has 1 aromatic heterocycles. The first kappa shape index (κ1) is 26.3. The summed E-state index contributed by atoms with van der Waals surface area (Å²) in [4.78, 5) is 44.5. The summed E-state index contributed by atoms with van der Waals surface area (Å²) in [5.41, 5.74) is 11.6. The van der Waals surface area contributed by atoms with E-state index in [2.05, 4.69) is 34.6 Å². The third kappa shape index (κ3) is 5.68. The zero-order valence-corrected chi connectivity index (χ0v) is 22.5. The summed E-state index contributed by atoms with van der Waals surface area (Å²) in [6, 6.07) is 26.5. The summed E-state index contributed by atoms with van der Waals surface area (Å²) < 4.78 is 5.70. The molecule has 0 radical (unpaired) electrons. The van der Waals surface area contributed by atoms with E-state index in [1.54, 1.807) is 35.2 Å². The fourth-order valence-corrected chi connectivity index (χ4v) is 5.45. The largest absolute Gasteiger partial charge is 0.448 e. The van der Waals surface area contributed by atoms with Crippen LogP contribution in [0.3, 0.4) is 0 Å². The molecule has 2 aliphatic carbocycles. The predicted molar refractivity (Wildman–Crippen MR) is 155 cm³/mol. The van der Waals surface area contributed by atoms with Gasteiger partial charge in [0.2, 0.25) is 5.91 Å². The Morgan fingerprint density at radius 3 is 2.29 bits per heavy atom. The van der Waals surface area contributed by atoms with Gasteiger partial charge in [-0.05, 0) is 70.8 Å². The van der Waals surface area contributed by atoms with Crippen molar-refractivity contribution < 1.29 is 19.1 Å². The van der Waals surface area contributed by atoms with Crippen molar-refractivity contribution in [2.24, 2.45) is 11.7 Å². The van der Waals surface area contributed by atoms with Gasteiger partial charge in [-0.3, -0.25) is 14.9 Å². The minimum absolute atomic E-state index is 0.0756. The van der Waals surface area contributed by atoms with Gasteiger partial charge in [0.05, 0.1) is 5.69 Å². The first-order valence-corrected chi connectivity index (χ1v) is 13.7. The van der Waals surface area contributed by atoms with E-state index in [9.17, 15) is 14.4 Å². The molecule has 0 unspecified atom stereocenters. The van der Waals surface area contributed by atoms with Gasteiger partial charge in [-0.1, -0.05) is 60.7 Å². The van der Waals surface area contributed by atoms with Crippen LogP contribution in [-0.2, 0) is 11.3 Å². The van der Waals surface area contributed by atoms with Gasteiger partial charge in [0, 0.05) is 30.8 Å². The fraction of sp³-hybridized carbons (Fsp3) is 0.212. The van der Waals surface area contributed by atoms with E-state index in [4.69, 9.17) is 10.5 Å². The second kappa shape index (κ2) is 11.3. The molecule has 6 rings (SSSR count). The molecular formula is C33H30N4O4. The fourth-order valence-electron chi connectivity index (χ4n) is 5.45. The number of nitrogens with zero attached hydrogens (tertiary/aromatic N) is 2. The van der Waals surface area contributed by atoms with E-state index in [1.165, 1.54) is 6.20 Å². The molecule has 0 atom stereocenters. The number of carbonyl (C=O) groups excluding carboxylic acids is 3. The Morgan fingerprint density at radius 2 is 1.61 bits per heavy atom. The Morgan fingerprint density at radius 1 is 0.902 bits per heavy atom. The van der Waals surface area contributed by atoms with Crippen molar-refractivity contribution in [2.75, 3.05) is 18.5 Å². The number of nitrogens with one attached hydrogen (secondary N) is 1. The first-order chi connectivity index (χ1) is 20.0. The van der Waals surface area contributed by atoms with Crippen LogP contribution in [0.15, 0.2) is 91.1 Å². The zero-order valence-electron chi connectivity index (χ0n) is 22.5. The summed E-state index contributed by atoms with van der Waals surface area (Å²) in [5, 5.41) is 2.74. The molecule has 0 saturated heterocycles. The number of anilines is 1. The average Bonchev–Trinajstić information content (AvgIpc) is 3.76. The van der Waals surface area contributed by atoms with Crippen molar-refractivity contribution in [3.8, 4) is 11.1 Å². The van der Waals surface area contributed by atoms with Gasteiger partial charge < -0.3 is 15.4 Å². The maximum atomic E-state index is 13.8. The van der Waals surface area contributed by atoms with Crippen LogP contribution in [-0.4, -0.2) is 40.9 Å². The van der Waals surface area contributed by atoms with Crippen LogP contribution in [0.2, 0.25) is 0 Å². The molecule has 0 aliphatic heterocycles. The number of nitrogens with two attached hydrogens (primary N) is 1. The van der Waals surface area contributed by atoms with Crippen molar-refractivity contribution in [1.29, 1.82) is 0 Å². The summed E-state index contributed by atoms with van der Waals surface area (Å²) >= 11 is 0. The Kier molecular flexibility index (Phi) is 7.20. The van der Waals surface area contributed by atoms with Gasteiger partial charge in [-0.2, -0.15) is 0 Å². The van der Waals surface area contributed by atoms with Gasteiger partial charge in [0.1, 0.15) is 6.61 Å². The summed E-state index contributed by atoms with van der Waals surface area (Å²) in [6.45, 7) is 1.01. The van der Waals surface area contributed by atoms with Gasteiger partial charge in [0.15, 0.2) is 5.69 Å². The minimum atomic E-state index is -0.656. The average molecular weight is 547 g/mol. The van der Waals surface area contributed by atoms with E-state index >= 15 is 0 Å². The van der Waals surface area contributed by atoms with Crippen molar-refractivity contribution in [2.45, 2.75) is 25.3 Å². The quantitative estimate of drug-likeness (QED) is 0.284. The highest BCUT2D eigenvalue weighted by atomic mass is 16.5. The molecule has 3 aromatic carbocycles. The summed E-state index contributed by atoms with van der Waals surface area (Å²) in [5.74, 6) is -0.490. The number of aromatic nitrogens is 1. The molecule has 4 aromatic rings. The number of carbonyl (C=O) groups is 3. The van der Waals surface area contributed by atoms with Gasteiger partial charge in [-0.25, -0.2) is 9.78 Å². The number of pyridine rings is 1. The number of hydrogen-bond donors (Lipinski definition) is 2. The Bertz CT molecular complexity index is 1590. The molecule has 1 saturated carbocycles. The Hall–Kier alpha value is -4.98.